The maximum Gasteiger partial charge on any atom is 0.310 e. The van der Waals surface area contributed by atoms with Crippen molar-refractivity contribution in [2.45, 2.75) is 12.8 Å². The smallest absolute Gasteiger partial charge is 0.310 e. The van der Waals surface area contributed by atoms with Crippen LogP contribution in [0.4, 0.5) is 5.69 Å². The van der Waals surface area contributed by atoms with E-state index in [4.69, 9.17) is 4.74 Å². The minimum absolute atomic E-state index is 0.0549. The number of carbonyl (C=O) groups excluding carboxylic acids is 1. The monoisotopic (exact) mass is 271 g/mol. The van der Waals surface area contributed by atoms with Crippen LogP contribution in [0.5, 0.6) is 0 Å². The lowest BCUT2D eigenvalue weighted by atomic mass is 9.97. The highest BCUT2D eigenvalue weighted by Gasteiger charge is 2.27. The van der Waals surface area contributed by atoms with Gasteiger partial charge in [0.05, 0.1) is 30.4 Å². The van der Waals surface area contributed by atoms with Crippen LogP contribution in [-0.4, -0.2) is 36.4 Å². The van der Waals surface area contributed by atoms with Gasteiger partial charge in [0, 0.05) is 18.5 Å². The molecule has 2 heterocycles. The van der Waals surface area contributed by atoms with Crippen molar-refractivity contribution in [2.24, 2.45) is 5.92 Å². The fraction of sp³-hybridized carbons (Fsp3) is 0.400. The fourth-order valence-corrected chi connectivity index (χ4v) is 2.80. The van der Waals surface area contributed by atoms with Crippen molar-refractivity contribution >= 4 is 22.6 Å². The Morgan fingerprint density at radius 2 is 2.25 bits per heavy atom. The van der Waals surface area contributed by atoms with E-state index in [1.807, 2.05) is 24.3 Å². The summed E-state index contributed by atoms with van der Waals surface area (Å²) in [6.45, 7) is 1.62. The number of benzene rings is 1. The first-order valence-electron chi connectivity index (χ1n) is 6.83. The van der Waals surface area contributed by atoms with Gasteiger partial charge in [-0.25, -0.2) is 0 Å². The maximum atomic E-state index is 11.7. The number of esters is 1. The Morgan fingerprint density at radius 1 is 1.40 bits per heavy atom. The van der Waals surface area contributed by atoms with E-state index in [1.165, 1.54) is 7.11 Å². The lowest BCUT2D eigenvalue weighted by Gasteiger charge is -2.33. The molecular weight excluding hydrogens is 254 g/mol. The molecule has 0 aliphatic carbocycles. The van der Waals surface area contributed by atoms with Gasteiger partial charge in [-0.1, -0.05) is 18.2 Å². The predicted octanol–water partition coefficient (Wildman–Crippen LogP) is 2.02. The van der Waals surface area contributed by atoms with Crippen LogP contribution in [0.1, 0.15) is 12.8 Å². The Morgan fingerprint density at radius 3 is 3.10 bits per heavy atom. The van der Waals surface area contributed by atoms with Gasteiger partial charge in [-0.2, -0.15) is 10.2 Å². The number of anilines is 1. The number of methoxy groups -OCH3 is 1. The third-order valence-electron chi connectivity index (χ3n) is 3.82. The second-order valence-electron chi connectivity index (χ2n) is 5.06. The van der Waals surface area contributed by atoms with Crippen LogP contribution in [0.3, 0.4) is 0 Å². The Balaban J connectivity index is 1.92. The molecule has 1 saturated heterocycles. The van der Waals surface area contributed by atoms with Gasteiger partial charge < -0.3 is 9.64 Å². The second kappa shape index (κ2) is 5.45. The average molecular weight is 271 g/mol. The summed E-state index contributed by atoms with van der Waals surface area (Å²) in [5.74, 6) is -0.179. The molecular formula is C15H17N3O2. The average Bonchev–Trinajstić information content (AvgIpc) is 2.53. The van der Waals surface area contributed by atoms with Crippen LogP contribution >= 0.6 is 0 Å². The molecule has 2 aromatic rings. The summed E-state index contributed by atoms with van der Waals surface area (Å²) in [6.07, 6.45) is 3.65. The molecule has 0 bridgehead atoms. The van der Waals surface area contributed by atoms with E-state index in [1.54, 1.807) is 6.20 Å². The highest BCUT2D eigenvalue weighted by molar-refractivity contribution is 5.91. The van der Waals surface area contributed by atoms with Crippen LogP contribution < -0.4 is 4.90 Å². The van der Waals surface area contributed by atoms with Gasteiger partial charge >= 0.3 is 5.97 Å². The molecule has 0 amide bonds. The minimum Gasteiger partial charge on any atom is -0.469 e. The van der Waals surface area contributed by atoms with Gasteiger partial charge in [-0.3, -0.25) is 4.79 Å². The number of hydrogen-bond acceptors (Lipinski definition) is 5. The molecule has 0 radical (unpaired) electrons. The molecule has 1 atom stereocenters. The van der Waals surface area contributed by atoms with Crippen molar-refractivity contribution in [3.8, 4) is 0 Å². The molecule has 104 valence electrons. The third kappa shape index (κ3) is 2.31. The van der Waals surface area contributed by atoms with Crippen molar-refractivity contribution < 1.29 is 9.53 Å². The number of ether oxygens (including phenoxy) is 1. The van der Waals surface area contributed by atoms with Gasteiger partial charge in [-0.05, 0) is 18.9 Å². The van der Waals surface area contributed by atoms with E-state index in [-0.39, 0.29) is 11.9 Å². The number of hydrogen-bond donors (Lipinski definition) is 0. The number of aromatic nitrogens is 2. The minimum atomic E-state index is -0.124. The van der Waals surface area contributed by atoms with Gasteiger partial charge in [-0.15, -0.1) is 0 Å². The fourth-order valence-electron chi connectivity index (χ4n) is 2.80. The Kier molecular flexibility index (Phi) is 3.50. The molecule has 1 unspecified atom stereocenters. The van der Waals surface area contributed by atoms with Crippen LogP contribution in [0.2, 0.25) is 0 Å². The van der Waals surface area contributed by atoms with Crippen molar-refractivity contribution in [3.63, 3.8) is 0 Å². The first-order chi connectivity index (χ1) is 9.79. The van der Waals surface area contributed by atoms with Crippen molar-refractivity contribution in [3.05, 3.63) is 30.5 Å². The van der Waals surface area contributed by atoms with Crippen molar-refractivity contribution in [2.75, 3.05) is 25.1 Å². The molecule has 0 saturated carbocycles. The molecule has 1 fully saturated rings. The van der Waals surface area contributed by atoms with Crippen molar-refractivity contribution in [1.82, 2.24) is 10.2 Å². The molecule has 0 N–H and O–H groups in total. The van der Waals surface area contributed by atoms with Gasteiger partial charge in [0.25, 0.3) is 0 Å². The quantitative estimate of drug-likeness (QED) is 0.782. The number of piperidine rings is 1. The second-order valence-corrected chi connectivity index (χ2v) is 5.06. The van der Waals surface area contributed by atoms with Gasteiger partial charge in [0.1, 0.15) is 0 Å². The first-order valence-corrected chi connectivity index (χ1v) is 6.83. The highest BCUT2D eigenvalue weighted by atomic mass is 16.5. The zero-order valence-electron chi connectivity index (χ0n) is 11.5. The Hall–Kier alpha value is -2.17. The molecule has 20 heavy (non-hydrogen) atoms. The zero-order valence-corrected chi connectivity index (χ0v) is 11.5. The number of rotatable bonds is 2. The highest BCUT2D eigenvalue weighted by Crippen LogP contribution is 2.28. The topological polar surface area (TPSA) is 55.3 Å². The summed E-state index contributed by atoms with van der Waals surface area (Å²) in [4.78, 5) is 13.9. The van der Waals surface area contributed by atoms with Crippen LogP contribution in [0.25, 0.3) is 10.9 Å². The van der Waals surface area contributed by atoms with E-state index in [0.717, 1.165) is 36.0 Å². The molecule has 1 aromatic carbocycles. The third-order valence-corrected chi connectivity index (χ3v) is 3.82. The normalized spacial score (nSPS) is 19.1. The van der Waals surface area contributed by atoms with Crippen LogP contribution in [-0.2, 0) is 9.53 Å². The van der Waals surface area contributed by atoms with Gasteiger partial charge in [0.2, 0.25) is 0 Å². The largest absolute Gasteiger partial charge is 0.469 e. The molecule has 5 nitrogen and oxygen atoms in total. The molecule has 0 spiro atoms. The summed E-state index contributed by atoms with van der Waals surface area (Å²) < 4.78 is 4.87. The SMILES string of the molecule is COC(=O)C1CCCN(c2cnnc3ccccc23)C1. The zero-order chi connectivity index (χ0) is 13.9. The number of nitrogens with zero attached hydrogens (tertiary/aromatic N) is 3. The summed E-state index contributed by atoms with van der Waals surface area (Å²) in [5, 5.41) is 9.29. The van der Waals surface area contributed by atoms with Crippen LogP contribution in [0.15, 0.2) is 30.5 Å². The number of fused-ring (bicyclic) bond motifs is 1. The summed E-state index contributed by atoms with van der Waals surface area (Å²) in [7, 11) is 1.45. The first kappa shape index (κ1) is 12.8. The van der Waals surface area contributed by atoms with Crippen LogP contribution in [0, 0.1) is 5.92 Å². The lowest BCUT2D eigenvalue weighted by molar-refractivity contribution is -0.145. The van der Waals surface area contributed by atoms with E-state index in [9.17, 15) is 4.79 Å². The molecule has 1 aromatic heterocycles. The molecule has 3 rings (SSSR count). The standard InChI is InChI=1S/C15H17N3O2/c1-20-15(19)11-5-4-8-18(10-11)14-9-16-17-13-7-3-2-6-12(13)14/h2-3,6-7,9,11H,4-5,8,10H2,1H3. The Bertz CT molecular complexity index is 624. The molecule has 5 heteroatoms. The predicted molar refractivity (Wildman–Crippen MR) is 76.5 cm³/mol. The van der Waals surface area contributed by atoms with E-state index in [2.05, 4.69) is 15.1 Å². The molecule has 1 aliphatic heterocycles. The van der Waals surface area contributed by atoms with Gasteiger partial charge in [0.15, 0.2) is 0 Å². The maximum absolute atomic E-state index is 11.7. The van der Waals surface area contributed by atoms with E-state index < -0.39 is 0 Å². The number of carbonyl (C=O) groups is 1. The van der Waals surface area contributed by atoms with E-state index in [0.29, 0.717) is 6.54 Å². The summed E-state index contributed by atoms with van der Waals surface area (Å²) in [6, 6.07) is 7.94. The molecule has 1 aliphatic rings. The van der Waals surface area contributed by atoms with Crippen molar-refractivity contribution in [1.29, 1.82) is 0 Å². The summed E-state index contributed by atoms with van der Waals surface area (Å²) in [5.41, 5.74) is 1.93. The Labute approximate surface area is 117 Å². The lowest BCUT2D eigenvalue weighted by Crippen LogP contribution is -2.39. The van der Waals surface area contributed by atoms with E-state index >= 15 is 0 Å². The summed E-state index contributed by atoms with van der Waals surface area (Å²) >= 11 is 0.